The number of carbonyl (C=O) groups excluding carboxylic acids is 2. The van der Waals surface area contributed by atoms with Crippen molar-refractivity contribution >= 4 is 17.4 Å². The maximum Gasteiger partial charge on any atom is 0.340 e. The van der Waals surface area contributed by atoms with E-state index in [1.54, 1.807) is 13.0 Å². The van der Waals surface area contributed by atoms with Gasteiger partial charge in [-0.05, 0) is 17.9 Å². The van der Waals surface area contributed by atoms with Crippen LogP contribution in [0.5, 0.6) is 0 Å². The van der Waals surface area contributed by atoms with Gasteiger partial charge in [0.2, 0.25) is 5.88 Å². The number of non-ortho nitro benzene ring substituents is 1. The second kappa shape index (κ2) is 7.10. The molecule has 0 bridgehead atoms. The Labute approximate surface area is 162 Å². The minimum Gasteiger partial charge on any atom is -0.462 e. The van der Waals surface area contributed by atoms with Crippen LogP contribution in [-0.4, -0.2) is 23.3 Å². The number of Topliss-reactive ketones (excluding diaryl/α,β-unsaturated/α-hetero) is 1. The van der Waals surface area contributed by atoms with Gasteiger partial charge in [0.1, 0.15) is 11.3 Å². The largest absolute Gasteiger partial charge is 0.462 e. The Bertz CT molecular complexity index is 928. The molecule has 8 nitrogen and oxygen atoms in total. The van der Waals surface area contributed by atoms with Crippen molar-refractivity contribution < 1.29 is 24.0 Å². The average molecular weight is 386 g/mol. The van der Waals surface area contributed by atoms with Crippen LogP contribution in [0.3, 0.4) is 0 Å². The van der Waals surface area contributed by atoms with Crippen LogP contribution in [0.2, 0.25) is 0 Å². The first-order valence-electron chi connectivity index (χ1n) is 9.00. The maximum absolute atomic E-state index is 13.0. The third-order valence-corrected chi connectivity index (χ3v) is 4.86. The average Bonchev–Trinajstić information content (AvgIpc) is 2.59. The quantitative estimate of drug-likeness (QED) is 0.479. The summed E-state index contributed by atoms with van der Waals surface area (Å²) in [4.78, 5) is 36.3. The van der Waals surface area contributed by atoms with Gasteiger partial charge < -0.3 is 15.2 Å². The molecular weight excluding hydrogens is 364 g/mol. The number of carbonyl (C=O) groups is 2. The molecule has 0 spiro atoms. The Hall–Kier alpha value is -3.16. The predicted octanol–water partition coefficient (Wildman–Crippen LogP) is 3.09. The van der Waals surface area contributed by atoms with Crippen molar-refractivity contribution in [3.05, 3.63) is 62.7 Å². The van der Waals surface area contributed by atoms with Crippen LogP contribution >= 0.6 is 0 Å². The van der Waals surface area contributed by atoms with E-state index >= 15 is 0 Å². The van der Waals surface area contributed by atoms with Crippen molar-refractivity contribution in [2.24, 2.45) is 11.1 Å². The zero-order valence-electron chi connectivity index (χ0n) is 16.0. The van der Waals surface area contributed by atoms with Crippen molar-refractivity contribution in [1.82, 2.24) is 0 Å². The maximum atomic E-state index is 13.0. The first-order chi connectivity index (χ1) is 13.1. The van der Waals surface area contributed by atoms with Crippen LogP contribution in [0.25, 0.3) is 0 Å². The Morgan fingerprint density at radius 2 is 2.11 bits per heavy atom. The molecule has 28 heavy (non-hydrogen) atoms. The fraction of sp³-hybridized carbons (Fsp3) is 0.400. The number of ether oxygens (including phenoxy) is 2. The summed E-state index contributed by atoms with van der Waals surface area (Å²) < 4.78 is 10.8. The van der Waals surface area contributed by atoms with Crippen LogP contribution < -0.4 is 5.73 Å². The van der Waals surface area contributed by atoms with Crippen molar-refractivity contribution in [3.8, 4) is 0 Å². The van der Waals surface area contributed by atoms with E-state index in [2.05, 4.69) is 0 Å². The zero-order valence-corrected chi connectivity index (χ0v) is 16.0. The van der Waals surface area contributed by atoms with Gasteiger partial charge in [0.05, 0.1) is 17.4 Å². The van der Waals surface area contributed by atoms with Crippen LogP contribution in [0.1, 0.15) is 45.1 Å². The third-order valence-electron chi connectivity index (χ3n) is 4.86. The first kappa shape index (κ1) is 19.6. The second-order valence-electron chi connectivity index (χ2n) is 7.66. The lowest BCUT2D eigenvalue weighted by Crippen LogP contribution is -2.35. The van der Waals surface area contributed by atoms with E-state index in [1.807, 2.05) is 13.8 Å². The number of nitrogens with two attached hydrogens (primary N) is 1. The molecule has 8 heteroatoms. The Morgan fingerprint density at radius 3 is 2.75 bits per heavy atom. The minimum atomic E-state index is -0.869. The van der Waals surface area contributed by atoms with E-state index in [0.717, 1.165) is 0 Å². The van der Waals surface area contributed by atoms with Crippen molar-refractivity contribution in [2.75, 3.05) is 6.61 Å². The number of nitro groups is 1. The van der Waals surface area contributed by atoms with Gasteiger partial charge in [-0.15, -0.1) is 0 Å². The number of nitrogens with zero attached hydrogens (tertiary/aromatic N) is 1. The van der Waals surface area contributed by atoms with Gasteiger partial charge in [-0.2, -0.15) is 0 Å². The van der Waals surface area contributed by atoms with Crippen molar-refractivity contribution in [3.63, 3.8) is 0 Å². The van der Waals surface area contributed by atoms with Crippen LogP contribution in [0, 0.1) is 15.5 Å². The molecule has 0 aromatic heterocycles. The topological polar surface area (TPSA) is 122 Å². The lowest BCUT2D eigenvalue weighted by atomic mass is 9.70. The number of benzene rings is 1. The summed E-state index contributed by atoms with van der Waals surface area (Å²) in [6.07, 6.45) is 0.743. The number of nitro benzene ring substituents is 1. The highest BCUT2D eigenvalue weighted by Gasteiger charge is 2.45. The molecule has 0 unspecified atom stereocenters. The smallest absolute Gasteiger partial charge is 0.340 e. The Morgan fingerprint density at radius 1 is 1.39 bits per heavy atom. The van der Waals surface area contributed by atoms with Gasteiger partial charge in [0.15, 0.2) is 5.78 Å². The molecule has 0 saturated heterocycles. The number of esters is 1. The SMILES string of the molecule is CCOC(=O)C1=C(N)OC2=C(C(=O)CC(C)(C)C2)[C@H]1c1cccc([N+](=O)[O-])c1. The van der Waals surface area contributed by atoms with E-state index in [9.17, 15) is 19.7 Å². The molecule has 2 N–H and O–H groups in total. The van der Waals surface area contributed by atoms with Crippen LogP contribution in [-0.2, 0) is 19.1 Å². The highest BCUT2D eigenvalue weighted by molar-refractivity contribution is 6.03. The normalized spacial score (nSPS) is 21.1. The van der Waals surface area contributed by atoms with Gasteiger partial charge in [0.25, 0.3) is 5.69 Å². The van der Waals surface area contributed by atoms with Gasteiger partial charge in [-0.25, -0.2) is 4.79 Å². The summed E-state index contributed by atoms with van der Waals surface area (Å²) in [7, 11) is 0. The van der Waals surface area contributed by atoms with E-state index < -0.39 is 16.8 Å². The Kier molecular flexibility index (Phi) is 4.97. The van der Waals surface area contributed by atoms with E-state index in [4.69, 9.17) is 15.2 Å². The molecule has 3 rings (SSSR count). The van der Waals surface area contributed by atoms with Gasteiger partial charge in [-0.1, -0.05) is 26.0 Å². The number of hydrogen-bond donors (Lipinski definition) is 1. The Balaban J connectivity index is 2.21. The third kappa shape index (κ3) is 3.49. The summed E-state index contributed by atoms with van der Waals surface area (Å²) in [5.74, 6) is -1.48. The standard InChI is InChI=1S/C20H22N2O6/c1-4-27-19(24)17-15(11-6-5-7-12(8-11)22(25)26)16-13(23)9-20(2,3)10-14(16)28-18(17)21/h5-8,15H,4,9-10,21H2,1-3H3/t15-/m1/s1. The monoisotopic (exact) mass is 386 g/mol. The van der Waals surface area contributed by atoms with Crippen molar-refractivity contribution in [1.29, 1.82) is 0 Å². The molecule has 1 aromatic carbocycles. The lowest BCUT2D eigenvalue weighted by molar-refractivity contribution is -0.384. The number of rotatable bonds is 4. The van der Waals surface area contributed by atoms with Gasteiger partial charge >= 0.3 is 5.97 Å². The highest BCUT2D eigenvalue weighted by Crippen LogP contribution is 2.48. The van der Waals surface area contributed by atoms with Crippen molar-refractivity contribution in [2.45, 2.75) is 39.5 Å². The summed E-state index contributed by atoms with van der Waals surface area (Å²) in [5.41, 5.74) is 6.33. The van der Waals surface area contributed by atoms with Gasteiger partial charge in [-0.3, -0.25) is 14.9 Å². The van der Waals surface area contributed by atoms with Crippen LogP contribution in [0.15, 0.2) is 47.1 Å². The predicted molar refractivity (Wildman–Crippen MR) is 99.8 cm³/mol. The van der Waals surface area contributed by atoms with Crippen LogP contribution in [0.4, 0.5) is 5.69 Å². The molecule has 0 saturated carbocycles. The minimum absolute atomic E-state index is 0.00541. The van der Waals surface area contributed by atoms with Gasteiger partial charge in [0, 0.05) is 30.5 Å². The first-order valence-corrected chi connectivity index (χ1v) is 9.00. The molecule has 1 aromatic rings. The molecule has 0 amide bonds. The summed E-state index contributed by atoms with van der Waals surface area (Å²) in [5, 5.41) is 11.2. The molecule has 1 aliphatic heterocycles. The fourth-order valence-corrected chi connectivity index (χ4v) is 3.74. The molecule has 0 radical (unpaired) electrons. The molecule has 1 heterocycles. The van der Waals surface area contributed by atoms with E-state index in [-0.39, 0.29) is 41.4 Å². The number of hydrogen-bond acceptors (Lipinski definition) is 7. The number of ketones is 1. The molecule has 1 atom stereocenters. The molecule has 0 fully saturated rings. The summed E-state index contributed by atoms with van der Waals surface area (Å²) >= 11 is 0. The molecule has 148 valence electrons. The summed E-state index contributed by atoms with van der Waals surface area (Å²) in [6, 6.07) is 5.84. The molecular formula is C20H22N2O6. The lowest BCUT2D eigenvalue weighted by Gasteiger charge is -2.37. The molecule has 1 aliphatic carbocycles. The van der Waals surface area contributed by atoms with E-state index in [0.29, 0.717) is 23.3 Å². The summed E-state index contributed by atoms with van der Waals surface area (Å²) in [6.45, 7) is 5.66. The van der Waals surface area contributed by atoms with E-state index in [1.165, 1.54) is 18.2 Å². The number of allylic oxidation sites excluding steroid dienone is 2. The second-order valence-corrected chi connectivity index (χ2v) is 7.66. The zero-order chi connectivity index (χ0) is 20.6. The molecule has 2 aliphatic rings. The highest BCUT2D eigenvalue weighted by atomic mass is 16.6. The fourth-order valence-electron chi connectivity index (χ4n) is 3.74.